The summed E-state index contributed by atoms with van der Waals surface area (Å²) in [5, 5.41) is 7.02. The fourth-order valence-electron chi connectivity index (χ4n) is 1.26. The minimum absolute atomic E-state index is 0.581. The fraction of sp³-hybridized carbons (Fsp3) is 0.800. The maximum absolute atomic E-state index is 5.12. The van der Waals surface area contributed by atoms with Crippen LogP contribution in [0.2, 0.25) is 0 Å². The van der Waals surface area contributed by atoms with Crippen molar-refractivity contribution in [3.05, 3.63) is 11.7 Å². The van der Waals surface area contributed by atoms with Gasteiger partial charge < -0.3 is 9.84 Å². The standard InChI is InChI=1S/C10H19N3O/c1-8(2)7-9-12-10(14-13-9)5-4-6-11-3/h8,11H,4-7H2,1-3H3. The lowest BCUT2D eigenvalue weighted by molar-refractivity contribution is 0.368. The summed E-state index contributed by atoms with van der Waals surface area (Å²) in [6.07, 6.45) is 2.81. The Balaban J connectivity index is 2.35. The van der Waals surface area contributed by atoms with Crippen molar-refractivity contribution in [2.75, 3.05) is 13.6 Å². The first-order chi connectivity index (χ1) is 6.72. The van der Waals surface area contributed by atoms with Gasteiger partial charge in [-0.2, -0.15) is 4.98 Å². The molecule has 1 aromatic rings. The number of aromatic nitrogens is 2. The van der Waals surface area contributed by atoms with Gasteiger partial charge in [-0.1, -0.05) is 19.0 Å². The molecule has 1 heterocycles. The van der Waals surface area contributed by atoms with Gasteiger partial charge >= 0.3 is 0 Å². The second kappa shape index (κ2) is 5.75. The third-order valence-corrected chi connectivity index (χ3v) is 1.92. The third-order valence-electron chi connectivity index (χ3n) is 1.92. The summed E-state index contributed by atoms with van der Waals surface area (Å²) in [6.45, 7) is 5.29. The van der Waals surface area contributed by atoms with E-state index in [4.69, 9.17) is 4.52 Å². The molecule has 80 valence electrons. The normalized spacial score (nSPS) is 11.1. The maximum Gasteiger partial charge on any atom is 0.226 e. The van der Waals surface area contributed by atoms with Gasteiger partial charge in [-0.05, 0) is 25.9 Å². The van der Waals surface area contributed by atoms with Crippen LogP contribution < -0.4 is 5.32 Å². The van der Waals surface area contributed by atoms with Crippen LogP contribution in [0.25, 0.3) is 0 Å². The molecule has 0 atom stereocenters. The molecule has 0 amide bonds. The predicted octanol–water partition coefficient (Wildman–Crippen LogP) is 1.42. The molecular formula is C10H19N3O. The van der Waals surface area contributed by atoms with Gasteiger partial charge in [-0.15, -0.1) is 0 Å². The SMILES string of the molecule is CNCCCc1nc(CC(C)C)no1. The summed E-state index contributed by atoms with van der Waals surface area (Å²) >= 11 is 0. The molecule has 0 saturated carbocycles. The molecule has 0 radical (unpaired) electrons. The van der Waals surface area contributed by atoms with Crippen LogP contribution in [0.15, 0.2) is 4.52 Å². The zero-order valence-electron chi connectivity index (χ0n) is 9.21. The van der Waals surface area contributed by atoms with Crippen molar-refractivity contribution >= 4 is 0 Å². The Morgan fingerprint density at radius 3 is 2.86 bits per heavy atom. The Kier molecular flexibility index (Phi) is 4.59. The summed E-state index contributed by atoms with van der Waals surface area (Å²) in [5.74, 6) is 2.17. The quantitative estimate of drug-likeness (QED) is 0.701. The molecule has 0 aliphatic heterocycles. The Morgan fingerprint density at radius 2 is 2.21 bits per heavy atom. The minimum Gasteiger partial charge on any atom is -0.339 e. The van der Waals surface area contributed by atoms with Gasteiger partial charge in [0.15, 0.2) is 5.82 Å². The molecule has 0 aliphatic carbocycles. The third kappa shape index (κ3) is 3.87. The van der Waals surface area contributed by atoms with Crippen molar-refractivity contribution in [2.24, 2.45) is 5.92 Å². The summed E-state index contributed by atoms with van der Waals surface area (Å²) in [6, 6.07) is 0. The Morgan fingerprint density at radius 1 is 1.43 bits per heavy atom. The first-order valence-corrected chi connectivity index (χ1v) is 5.18. The molecule has 0 fully saturated rings. The van der Waals surface area contributed by atoms with Crippen LogP contribution in [-0.2, 0) is 12.8 Å². The molecule has 1 N–H and O–H groups in total. The van der Waals surface area contributed by atoms with E-state index in [1.54, 1.807) is 0 Å². The molecule has 1 rings (SSSR count). The summed E-state index contributed by atoms with van der Waals surface area (Å²) < 4.78 is 5.12. The van der Waals surface area contributed by atoms with E-state index in [1.165, 1.54) is 0 Å². The molecule has 0 bridgehead atoms. The second-order valence-corrected chi connectivity index (χ2v) is 3.91. The van der Waals surface area contributed by atoms with Crippen LogP contribution in [0.3, 0.4) is 0 Å². The zero-order chi connectivity index (χ0) is 10.4. The molecule has 0 spiro atoms. The van der Waals surface area contributed by atoms with Gasteiger partial charge in [-0.25, -0.2) is 0 Å². The van der Waals surface area contributed by atoms with Crippen LogP contribution in [0.5, 0.6) is 0 Å². The first-order valence-electron chi connectivity index (χ1n) is 5.18. The molecule has 0 aromatic carbocycles. The smallest absolute Gasteiger partial charge is 0.226 e. The topological polar surface area (TPSA) is 51.0 Å². The largest absolute Gasteiger partial charge is 0.339 e. The van der Waals surface area contributed by atoms with Gasteiger partial charge in [0.2, 0.25) is 5.89 Å². The van der Waals surface area contributed by atoms with Gasteiger partial charge in [0, 0.05) is 12.8 Å². The van der Waals surface area contributed by atoms with E-state index in [0.29, 0.717) is 5.92 Å². The molecule has 4 heteroatoms. The maximum atomic E-state index is 5.12. The number of nitrogens with zero attached hydrogens (tertiary/aromatic N) is 2. The summed E-state index contributed by atoms with van der Waals surface area (Å²) in [5.41, 5.74) is 0. The Labute approximate surface area is 85.1 Å². The number of rotatable bonds is 6. The van der Waals surface area contributed by atoms with Crippen LogP contribution >= 0.6 is 0 Å². The minimum atomic E-state index is 0.581. The summed E-state index contributed by atoms with van der Waals surface area (Å²) in [7, 11) is 1.94. The molecule has 14 heavy (non-hydrogen) atoms. The van der Waals surface area contributed by atoms with Crippen molar-refractivity contribution < 1.29 is 4.52 Å². The fourth-order valence-corrected chi connectivity index (χ4v) is 1.26. The van der Waals surface area contributed by atoms with E-state index >= 15 is 0 Å². The second-order valence-electron chi connectivity index (χ2n) is 3.91. The Bertz CT molecular complexity index is 258. The molecule has 0 unspecified atom stereocenters. The number of nitrogens with one attached hydrogen (secondary N) is 1. The summed E-state index contributed by atoms with van der Waals surface area (Å²) in [4.78, 5) is 4.32. The highest BCUT2D eigenvalue weighted by molar-refractivity contribution is 4.87. The highest BCUT2D eigenvalue weighted by Crippen LogP contribution is 2.05. The lowest BCUT2D eigenvalue weighted by Gasteiger charge is -1.96. The van der Waals surface area contributed by atoms with E-state index in [0.717, 1.165) is 37.5 Å². The van der Waals surface area contributed by atoms with E-state index in [9.17, 15) is 0 Å². The average molecular weight is 197 g/mol. The number of aryl methyl sites for hydroxylation is 1. The Hall–Kier alpha value is -0.900. The molecule has 0 aliphatic rings. The van der Waals surface area contributed by atoms with Crippen molar-refractivity contribution in [3.8, 4) is 0 Å². The van der Waals surface area contributed by atoms with Crippen molar-refractivity contribution in [2.45, 2.75) is 33.1 Å². The number of hydrogen-bond acceptors (Lipinski definition) is 4. The van der Waals surface area contributed by atoms with Crippen LogP contribution in [-0.4, -0.2) is 23.7 Å². The van der Waals surface area contributed by atoms with Gasteiger partial charge in [0.05, 0.1) is 0 Å². The monoisotopic (exact) mass is 197 g/mol. The highest BCUT2D eigenvalue weighted by atomic mass is 16.5. The van der Waals surface area contributed by atoms with E-state index in [1.807, 2.05) is 7.05 Å². The highest BCUT2D eigenvalue weighted by Gasteiger charge is 2.07. The number of hydrogen-bond donors (Lipinski definition) is 1. The lowest BCUT2D eigenvalue weighted by atomic mass is 10.1. The van der Waals surface area contributed by atoms with Crippen molar-refractivity contribution in [1.82, 2.24) is 15.5 Å². The van der Waals surface area contributed by atoms with Crippen LogP contribution in [0.4, 0.5) is 0 Å². The molecule has 0 saturated heterocycles. The van der Waals surface area contributed by atoms with Crippen LogP contribution in [0, 0.1) is 5.92 Å². The predicted molar refractivity (Wildman–Crippen MR) is 55.1 cm³/mol. The van der Waals surface area contributed by atoms with Gasteiger partial charge in [0.1, 0.15) is 0 Å². The van der Waals surface area contributed by atoms with Gasteiger partial charge in [0.25, 0.3) is 0 Å². The lowest BCUT2D eigenvalue weighted by Crippen LogP contribution is -2.08. The van der Waals surface area contributed by atoms with E-state index < -0.39 is 0 Å². The van der Waals surface area contributed by atoms with Gasteiger partial charge in [-0.3, -0.25) is 0 Å². The first kappa shape index (κ1) is 11.2. The van der Waals surface area contributed by atoms with Crippen LogP contribution in [0.1, 0.15) is 32.0 Å². The van der Waals surface area contributed by atoms with Crippen molar-refractivity contribution in [1.29, 1.82) is 0 Å². The van der Waals surface area contributed by atoms with Crippen molar-refractivity contribution in [3.63, 3.8) is 0 Å². The average Bonchev–Trinajstić information content (AvgIpc) is 2.52. The zero-order valence-corrected chi connectivity index (χ0v) is 9.21. The van der Waals surface area contributed by atoms with E-state index in [2.05, 4.69) is 29.3 Å². The van der Waals surface area contributed by atoms with E-state index in [-0.39, 0.29) is 0 Å². The molecule has 4 nitrogen and oxygen atoms in total. The molecule has 1 aromatic heterocycles. The molecular weight excluding hydrogens is 178 g/mol.